The number of ether oxygens (including phenoxy) is 1. The van der Waals surface area contributed by atoms with Crippen molar-refractivity contribution in [3.05, 3.63) is 46.0 Å². The third-order valence-electron chi connectivity index (χ3n) is 2.48. The Morgan fingerprint density at radius 1 is 1.50 bits per heavy atom. The number of nitrogens with zero attached hydrogens (tertiary/aromatic N) is 2. The van der Waals surface area contributed by atoms with Gasteiger partial charge in [0.25, 0.3) is 5.56 Å². The maximum Gasteiger partial charge on any atom is 0.356 e. The molecule has 0 atom stereocenters. The van der Waals surface area contributed by atoms with Crippen LogP contribution in [0.1, 0.15) is 23.0 Å². The topological polar surface area (TPSA) is 77.0 Å². The molecule has 0 saturated heterocycles. The minimum Gasteiger partial charge on any atom is -0.461 e. The molecular formula is C12H13N3O3. The van der Waals surface area contributed by atoms with Gasteiger partial charge in [-0.15, -0.1) is 0 Å². The van der Waals surface area contributed by atoms with E-state index < -0.39 is 5.97 Å². The number of rotatable bonds is 3. The Balaban J connectivity index is 2.50. The van der Waals surface area contributed by atoms with E-state index >= 15 is 0 Å². The van der Waals surface area contributed by atoms with Crippen molar-refractivity contribution < 1.29 is 9.53 Å². The number of nitrogens with one attached hydrogen (secondary N) is 1. The zero-order valence-corrected chi connectivity index (χ0v) is 10.1. The minimum absolute atomic E-state index is 0.160. The van der Waals surface area contributed by atoms with Gasteiger partial charge in [-0.1, -0.05) is 6.07 Å². The van der Waals surface area contributed by atoms with Gasteiger partial charge in [-0.25, -0.2) is 14.5 Å². The van der Waals surface area contributed by atoms with Crippen LogP contribution in [-0.4, -0.2) is 27.3 Å². The summed E-state index contributed by atoms with van der Waals surface area (Å²) in [5.41, 5.74) is 0.170. The monoisotopic (exact) mass is 247 g/mol. The highest BCUT2D eigenvalue weighted by molar-refractivity contribution is 5.88. The van der Waals surface area contributed by atoms with E-state index in [-0.39, 0.29) is 17.9 Å². The number of aromatic nitrogens is 3. The number of esters is 1. The van der Waals surface area contributed by atoms with Crippen molar-refractivity contribution >= 4 is 5.97 Å². The lowest BCUT2D eigenvalue weighted by Crippen LogP contribution is -2.16. The maximum atomic E-state index is 12.0. The summed E-state index contributed by atoms with van der Waals surface area (Å²) in [6.45, 7) is 3.54. The average Bonchev–Trinajstić information content (AvgIpc) is 2.68. The van der Waals surface area contributed by atoms with Crippen molar-refractivity contribution in [1.82, 2.24) is 14.8 Å². The number of carbonyl (C=O) groups is 1. The highest BCUT2D eigenvalue weighted by atomic mass is 16.5. The van der Waals surface area contributed by atoms with Crippen LogP contribution in [0.25, 0.3) is 5.82 Å². The van der Waals surface area contributed by atoms with E-state index in [4.69, 9.17) is 4.74 Å². The van der Waals surface area contributed by atoms with Gasteiger partial charge in [0.05, 0.1) is 6.61 Å². The lowest BCUT2D eigenvalue weighted by Gasteiger charge is -2.00. The second-order valence-corrected chi connectivity index (χ2v) is 3.66. The molecule has 2 aromatic rings. The standard InChI is InChI=1S/C12H13N3O3/c1-3-18-12(17)10-8(2)11(16)15(14-10)9-6-4-5-7-13-9/h4-7,14H,3H2,1-2H3. The predicted molar refractivity (Wildman–Crippen MR) is 64.9 cm³/mol. The Kier molecular flexibility index (Phi) is 3.27. The van der Waals surface area contributed by atoms with Gasteiger partial charge in [-0.3, -0.25) is 9.89 Å². The summed E-state index contributed by atoms with van der Waals surface area (Å²) in [5, 5.41) is 2.72. The van der Waals surface area contributed by atoms with E-state index in [0.29, 0.717) is 11.4 Å². The van der Waals surface area contributed by atoms with E-state index in [1.54, 1.807) is 38.2 Å². The normalized spacial score (nSPS) is 10.3. The fraction of sp³-hybridized carbons (Fsp3) is 0.250. The van der Waals surface area contributed by atoms with Crippen LogP contribution in [-0.2, 0) is 4.74 Å². The van der Waals surface area contributed by atoms with E-state index in [1.165, 1.54) is 4.68 Å². The number of hydrogen-bond acceptors (Lipinski definition) is 4. The molecule has 2 aromatic heterocycles. The highest BCUT2D eigenvalue weighted by Gasteiger charge is 2.18. The van der Waals surface area contributed by atoms with Crippen LogP contribution < -0.4 is 5.56 Å². The predicted octanol–water partition coefficient (Wildman–Crippen LogP) is 1.05. The third kappa shape index (κ3) is 2.04. The van der Waals surface area contributed by atoms with Gasteiger partial charge in [0.15, 0.2) is 5.82 Å². The quantitative estimate of drug-likeness (QED) is 0.822. The molecule has 0 aliphatic heterocycles. The molecule has 0 aliphatic carbocycles. The lowest BCUT2D eigenvalue weighted by molar-refractivity contribution is 0.0518. The summed E-state index contributed by atoms with van der Waals surface area (Å²) in [6, 6.07) is 5.18. The molecule has 18 heavy (non-hydrogen) atoms. The first-order valence-electron chi connectivity index (χ1n) is 5.55. The molecular weight excluding hydrogens is 234 g/mol. The zero-order valence-electron chi connectivity index (χ0n) is 10.1. The number of pyridine rings is 1. The van der Waals surface area contributed by atoms with Crippen molar-refractivity contribution in [3.63, 3.8) is 0 Å². The van der Waals surface area contributed by atoms with E-state index in [2.05, 4.69) is 10.1 Å². The van der Waals surface area contributed by atoms with Crippen LogP contribution in [0.5, 0.6) is 0 Å². The van der Waals surface area contributed by atoms with E-state index in [0.717, 1.165) is 0 Å². The molecule has 1 N–H and O–H groups in total. The van der Waals surface area contributed by atoms with E-state index in [9.17, 15) is 9.59 Å². The molecule has 0 spiro atoms. The average molecular weight is 247 g/mol. The van der Waals surface area contributed by atoms with Crippen molar-refractivity contribution in [2.75, 3.05) is 6.61 Å². The van der Waals surface area contributed by atoms with Crippen molar-refractivity contribution in [2.45, 2.75) is 13.8 Å². The summed E-state index contributed by atoms with van der Waals surface area (Å²) in [4.78, 5) is 27.7. The Labute approximate surface area is 103 Å². The molecule has 0 aliphatic rings. The summed E-state index contributed by atoms with van der Waals surface area (Å²) in [5.74, 6) is -0.108. The Bertz CT molecular complexity index is 613. The Morgan fingerprint density at radius 2 is 2.28 bits per heavy atom. The molecule has 0 bridgehead atoms. The largest absolute Gasteiger partial charge is 0.461 e. The molecule has 0 unspecified atom stereocenters. The minimum atomic E-state index is -0.540. The van der Waals surface area contributed by atoms with Crippen molar-refractivity contribution in [3.8, 4) is 5.82 Å². The SMILES string of the molecule is CCOC(=O)c1[nH]n(-c2ccccn2)c(=O)c1C. The first-order valence-corrected chi connectivity index (χ1v) is 5.55. The first-order chi connectivity index (χ1) is 8.65. The van der Waals surface area contributed by atoms with Gasteiger partial charge < -0.3 is 4.74 Å². The van der Waals surface area contributed by atoms with E-state index in [1.807, 2.05) is 0 Å². The van der Waals surface area contributed by atoms with Crippen molar-refractivity contribution in [2.24, 2.45) is 0 Å². The molecule has 2 rings (SSSR count). The fourth-order valence-corrected chi connectivity index (χ4v) is 1.57. The third-order valence-corrected chi connectivity index (χ3v) is 2.48. The summed E-state index contributed by atoms with van der Waals surface area (Å²) in [7, 11) is 0. The molecule has 6 heteroatoms. The lowest BCUT2D eigenvalue weighted by atomic mass is 10.3. The fourth-order valence-electron chi connectivity index (χ4n) is 1.57. The van der Waals surface area contributed by atoms with Crippen LogP contribution in [0.3, 0.4) is 0 Å². The van der Waals surface area contributed by atoms with Gasteiger partial charge in [0.2, 0.25) is 0 Å². The molecule has 6 nitrogen and oxygen atoms in total. The molecule has 94 valence electrons. The van der Waals surface area contributed by atoms with Crippen LogP contribution in [0, 0.1) is 6.92 Å². The van der Waals surface area contributed by atoms with Crippen LogP contribution in [0.2, 0.25) is 0 Å². The van der Waals surface area contributed by atoms with Crippen LogP contribution >= 0.6 is 0 Å². The Hall–Kier alpha value is -2.37. The molecule has 0 radical (unpaired) electrons. The van der Waals surface area contributed by atoms with Gasteiger partial charge in [0.1, 0.15) is 5.69 Å². The van der Waals surface area contributed by atoms with Gasteiger partial charge in [0, 0.05) is 11.8 Å². The molecule has 0 saturated carbocycles. The zero-order chi connectivity index (χ0) is 13.1. The van der Waals surface area contributed by atoms with Gasteiger partial charge >= 0.3 is 5.97 Å². The van der Waals surface area contributed by atoms with Gasteiger partial charge in [-0.2, -0.15) is 0 Å². The number of hydrogen-bond donors (Lipinski definition) is 1. The number of carbonyl (C=O) groups excluding carboxylic acids is 1. The van der Waals surface area contributed by atoms with Crippen LogP contribution in [0.4, 0.5) is 0 Å². The number of aromatic amines is 1. The first kappa shape index (κ1) is 12.1. The highest BCUT2D eigenvalue weighted by Crippen LogP contribution is 2.05. The smallest absolute Gasteiger partial charge is 0.356 e. The Morgan fingerprint density at radius 3 is 2.89 bits per heavy atom. The summed E-state index contributed by atoms with van der Waals surface area (Å²) >= 11 is 0. The second kappa shape index (κ2) is 4.87. The van der Waals surface area contributed by atoms with Crippen LogP contribution in [0.15, 0.2) is 29.2 Å². The molecule has 0 fully saturated rings. The summed E-state index contributed by atoms with van der Waals surface area (Å²) < 4.78 is 6.09. The molecule has 2 heterocycles. The summed E-state index contributed by atoms with van der Waals surface area (Å²) in [6.07, 6.45) is 1.57. The second-order valence-electron chi connectivity index (χ2n) is 3.66. The number of H-pyrrole nitrogens is 1. The van der Waals surface area contributed by atoms with Crippen molar-refractivity contribution in [1.29, 1.82) is 0 Å². The molecule has 0 amide bonds. The molecule has 0 aromatic carbocycles. The maximum absolute atomic E-state index is 12.0. The van der Waals surface area contributed by atoms with Gasteiger partial charge in [-0.05, 0) is 26.0 Å².